The highest BCUT2D eigenvalue weighted by atomic mass is 32.2. The van der Waals surface area contributed by atoms with Gasteiger partial charge in [0.05, 0.1) is 0 Å². The van der Waals surface area contributed by atoms with E-state index in [1.165, 1.54) is 5.56 Å². The molecule has 1 rings (SSSR count). The Morgan fingerprint density at radius 2 is 1.68 bits per heavy atom. The van der Waals surface area contributed by atoms with Crippen molar-refractivity contribution in [2.24, 2.45) is 11.1 Å². The number of Topliss-reactive ketones (excluding diaryl/α,β-unsaturated/α-hetero) is 1. The van der Waals surface area contributed by atoms with Crippen LogP contribution in [-0.2, 0) is 27.7 Å². The highest BCUT2D eigenvalue weighted by Gasteiger charge is 2.11. The van der Waals surface area contributed by atoms with Crippen molar-refractivity contribution in [2.75, 3.05) is 5.75 Å². The zero-order chi connectivity index (χ0) is 14.5. The molecule has 0 amide bonds. The number of sulfonamides is 1. The van der Waals surface area contributed by atoms with Crippen LogP contribution >= 0.6 is 0 Å². The number of hydrogen-bond acceptors (Lipinski definition) is 3. The van der Waals surface area contributed by atoms with Gasteiger partial charge < -0.3 is 0 Å². The monoisotopic (exact) mass is 283 g/mol. The number of rotatable bonds is 7. The lowest BCUT2D eigenvalue weighted by molar-refractivity contribution is -0.116. The molecule has 0 unspecified atom stereocenters. The van der Waals surface area contributed by atoms with Crippen molar-refractivity contribution in [3.8, 4) is 0 Å². The summed E-state index contributed by atoms with van der Waals surface area (Å²) < 4.78 is 21.5. The average Bonchev–Trinajstić information content (AvgIpc) is 2.25. The molecule has 0 radical (unpaired) electrons. The molecule has 0 saturated heterocycles. The zero-order valence-corrected chi connectivity index (χ0v) is 12.2. The van der Waals surface area contributed by atoms with Crippen molar-refractivity contribution in [1.82, 2.24) is 0 Å². The number of benzene rings is 1. The molecular weight excluding hydrogens is 262 g/mol. The molecule has 0 fully saturated rings. The Morgan fingerprint density at radius 1 is 1.16 bits per heavy atom. The van der Waals surface area contributed by atoms with Gasteiger partial charge in [-0.3, -0.25) is 4.79 Å². The molecule has 0 aromatic heterocycles. The van der Waals surface area contributed by atoms with Crippen LogP contribution in [0.25, 0.3) is 0 Å². The first-order valence-corrected chi connectivity index (χ1v) is 8.08. The van der Waals surface area contributed by atoms with E-state index in [0.717, 1.165) is 12.0 Å². The Bertz CT molecular complexity index is 518. The van der Waals surface area contributed by atoms with Gasteiger partial charge in [0.25, 0.3) is 0 Å². The van der Waals surface area contributed by atoms with Crippen molar-refractivity contribution >= 4 is 15.8 Å². The zero-order valence-electron chi connectivity index (χ0n) is 11.4. The summed E-state index contributed by atoms with van der Waals surface area (Å²) in [6.45, 7) is 4.33. The maximum Gasteiger partial charge on any atom is 0.216 e. The predicted octanol–water partition coefficient (Wildman–Crippen LogP) is 1.68. The van der Waals surface area contributed by atoms with E-state index in [4.69, 9.17) is 5.14 Å². The molecule has 0 heterocycles. The van der Waals surface area contributed by atoms with Crippen LogP contribution in [0.15, 0.2) is 24.3 Å². The van der Waals surface area contributed by atoms with E-state index in [1.807, 2.05) is 12.1 Å². The molecule has 19 heavy (non-hydrogen) atoms. The lowest BCUT2D eigenvalue weighted by Gasteiger charge is -2.06. The van der Waals surface area contributed by atoms with Gasteiger partial charge in [-0.2, -0.15) is 0 Å². The third-order valence-corrected chi connectivity index (χ3v) is 3.45. The molecule has 106 valence electrons. The van der Waals surface area contributed by atoms with E-state index in [1.54, 1.807) is 0 Å². The fourth-order valence-corrected chi connectivity index (χ4v) is 2.49. The Kier molecular flexibility index (Phi) is 5.69. The third kappa shape index (κ3) is 7.08. The molecule has 0 saturated carbocycles. The molecule has 0 spiro atoms. The van der Waals surface area contributed by atoms with Crippen LogP contribution in [0.2, 0.25) is 0 Å². The summed E-state index contributed by atoms with van der Waals surface area (Å²) in [5, 5.41) is 4.82. The minimum Gasteiger partial charge on any atom is -0.299 e. The molecule has 2 N–H and O–H groups in total. The van der Waals surface area contributed by atoms with E-state index >= 15 is 0 Å². The van der Waals surface area contributed by atoms with Crippen molar-refractivity contribution in [2.45, 2.75) is 33.1 Å². The number of nitrogens with two attached hydrogens (primary N) is 1. The molecule has 1 aromatic rings. The summed E-state index contributed by atoms with van der Waals surface area (Å²) in [5.74, 6) is -0.297. The van der Waals surface area contributed by atoms with Gasteiger partial charge in [0, 0.05) is 6.42 Å². The third-order valence-electron chi connectivity index (χ3n) is 2.72. The standard InChI is InChI=1S/C14H21NO3S/c1-11(2)9-13-5-3-12(4-6-13)7-8-14(16)10-19(15,17)18/h3-6,11H,7-10H2,1-2H3,(H2,15,17,18). The fourth-order valence-electron chi connectivity index (χ4n) is 1.89. The summed E-state index contributed by atoms with van der Waals surface area (Å²) in [4.78, 5) is 11.4. The Morgan fingerprint density at radius 3 is 2.16 bits per heavy atom. The number of carbonyl (C=O) groups excluding carboxylic acids is 1. The number of primary sulfonamides is 1. The number of aryl methyl sites for hydroxylation is 1. The van der Waals surface area contributed by atoms with E-state index in [9.17, 15) is 13.2 Å². The molecule has 1 aromatic carbocycles. The maximum atomic E-state index is 11.4. The SMILES string of the molecule is CC(C)Cc1ccc(CCC(=O)CS(N)(=O)=O)cc1. The predicted molar refractivity (Wildman–Crippen MR) is 76.3 cm³/mol. The van der Waals surface area contributed by atoms with Gasteiger partial charge in [0.15, 0.2) is 0 Å². The van der Waals surface area contributed by atoms with Gasteiger partial charge in [-0.25, -0.2) is 13.6 Å². The van der Waals surface area contributed by atoms with E-state index < -0.39 is 15.8 Å². The van der Waals surface area contributed by atoms with Gasteiger partial charge in [0.2, 0.25) is 10.0 Å². The minimum absolute atomic E-state index is 0.208. The quantitative estimate of drug-likeness (QED) is 0.827. The van der Waals surface area contributed by atoms with Crippen LogP contribution < -0.4 is 5.14 Å². The van der Waals surface area contributed by atoms with E-state index in [-0.39, 0.29) is 12.2 Å². The second-order valence-electron chi connectivity index (χ2n) is 5.26. The Labute approximate surface area is 115 Å². The summed E-state index contributed by atoms with van der Waals surface area (Å²) >= 11 is 0. The van der Waals surface area contributed by atoms with Crippen LogP contribution in [0, 0.1) is 5.92 Å². The minimum atomic E-state index is -3.70. The van der Waals surface area contributed by atoms with Crippen molar-refractivity contribution in [3.63, 3.8) is 0 Å². The van der Waals surface area contributed by atoms with Crippen LogP contribution in [0.1, 0.15) is 31.4 Å². The lowest BCUT2D eigenvalue weighted by Crippen LogP contribution is -2.23. The maximum absolute atomic E-state index is 11.4. The number of carbonyl (C=O) groups is 1. The van der Waals surface area contributed by atoms with Gasteiger partial charge in [-0.1, -0.05) is 38.1 Å². The number of ketones is 1. The second kappa shape index (κ2) is 6.82. The van der Waals surface area contributed by atoms with Gasteiger partial charge in [-0.05, 0) is 29.9 Å². The van der Waals surface area contributed by atoms with Crippen LogP contribution in [-0.4, -0.2) is 20.0 Å². The fraction of sp³-hybridized carbons (Fsp3) is 0.500. The highest BCUT2D eigenvalue weighted by Crippen LogP contribution is 2.11. The molecule has 0 bridgehead atoms. The summed E-state index contributed by atoms with van der Waals surface area (Å²) in [7, 11) is -3.70. The van der Waals surface area contributed by atoms with E-state index in [2.05, 4.69) is 26.0 Å². The lowest BCUT2D eigenvalue weighted by atomic mass is 10.0. The molecule has 4 nitrogen and oxygen atoms in total. The van der Waals surface area contributed by atoms with Crippen LogP contribution in [0.4, 0.5) is 0 Å². The Hall–Kier alpha value is -1.20. The van der Waals surface area contributed by atoms with Crippen LogP contribution in [0.3, 0.4) is 0 Å². The average molecular weight is 283 g/mol. The molecule has 5 heteroatoms. The van der Waals surface area contributed by atoms with Crippen molar-refractivity contribution in [1.29, 1.82) is 0 Å². The van der Waals surface area contributed by atoms with E-state index in [0.29, 0.717) is 12.3 Å². The summed E-state index contributed by atoms with van der Waals surface area (Å²) in [6, 6.07) is 8.09. The van der Waals surface area contributed by atoms with Crippen molar-refractivity contribution < 1.29 is 13.2 Å². The van der Waals surface area contributed by atoms with Gasteiger partial charge in [-0.15, -0.1) is 0 Å². The second-order valence-corrected chi connectivity index (χ2v) is 6.87. The first-order valence-electron chi connectivity index (χ1n) is 6.36. The first kappa shape index (κ1) is 15.9. The summed E-state index contributed by atoms with van der Waals surface area (Å²) in [6.07, 6.45) is 1.79. The smallest absolute Gasteiger partial charge is 0.216 e. The van der Waals surface area contributed by atoms with Crippen molar-refractivity contribution in [3.05, 3.63) is 35.4 Å². The van der Waals surface area contributed by atoms with Gasteiger partial charge in [0.1, 0.15) is 11.5 Å². The van der Waals surface area contributed by atoms with Gasteiger partial charge >= 0.3 is 0 Å². The van der Waals surface area contributed by atoms with Crippen LogP contribution in [0.5, 0.6) is 0 Å². The highest BCUT2D eigenvalue weighted by molar-refractivity contribution is 7.89. The molecule has 0 aliphatic heterocycles. The topological polar surface area (TPSA) is 77.2 Å². The first-order chi connectivity index (χ1) is 8.76. The summed E-state index contributed by atoms with van der Waals surface area (Å²) in [5.41, 5.74) is 2.31. The largest absolute Gasteiger partial charge is 0.299 e. The Balaban J connectivity index is 2.48. The molecular formula is C14H21NO3S. The normalized spacial score (nSPS) is 11.8. The molecule has 0 atom stereocenters. The number of hydrogen-bond donors (Lipinski definition) is 1. The molecule has 0 aliphatic carbocycles. The molecule has 0 aliphatic rings.